The molecule has 0 radical (unpaired) electrons. The van der Waals surface area contributed by atoms with Gasteiger partial charge in [0, 0.05) is 43.0 Å². The summed E-state index contributed by atoms with van der Waals surface area (Å²) in [7, 11) is 0. The number of aromatic nitrogens is 2. The fourth-order valence-electron chi connectivity index (χ4n) is 3.38. The number of hydrogen-bond donors (Lipinski definition) is 0. The number of benzene rings is 2. The second-order valence-electron chi connectivity index (χ2n) is 8.55. The molecule has 0 N–H and O–H groups in total. The van der Waals surface area contributed by atoms with E-state index in [9.17, 15) is 4.79 Å². The van der Waals surface area contributed by atoms with Gasteiger partial charge in [0.25, 0.3) is 5.89 Å². The van der Waals surface area contributed by atoms with Gasteiger partial charge in [-0.15, -0.1) is 0 Å². The summed E-state index contributed by atoms with van der Waals surface area (Å²) in [4.78, 5) is 20.7. The number of carbonyl (C=O) groups excluding carboxylic acids is 1. The van der Waals surface area contributed by atoms with E-state index in [-0.39, 0.29) is 6.09 Å². The van der Waals surface area contributed by atoms with Crippen LogP contribution in [0, 0.1) is 0 Å². The van der Waals surface area contributed by atoms with E-state index in [1.165, 1.54) is 0 Å². The van der Waals surface area contributed by atoms with Crippen molar-refractivity contribution in [2.45, 2.75) is 26.4 Å². The predicted molar refractivity (Wildman–Crippen MR) is 125 cm³/mol. The summed E-state index contributed by atoms with van der Waals surface area (Å²) in [6, 6.07) is 13.1. The van der Waals surface area contributed by atoms with Gasteiger partial charge in [0.05, 0.1) is 10.0 Å². The van der Waals surface area contributed by atoms with Crippen LogP contribution in [0.2, 0.25) is 10.0 Å². The van der Waals surface area contributed by atoms with Gasteiger partial charge in [0.1, 0.15) is 5.60 Å². The van der Waals surface area contributed by atoms with Gasteiger partial charge in [0.2, 0.25) is 5.82 Å². The van der Waals surface area contributed by atoms with Crippen LogP contribution >= 0.6 is 23.2 Å². The molecule has 1 aromatic heterocycles. The molecule has 7 nitrogen and oxygen atoms in total. The Balaban J connectivity index is 1.39. The monoisotopic (exact) mass is 474 g/mol. The van der Waals surface area contributed by atoms with Gasteiger partial charge in [-0.05, 0) is 63.2 Å². The highest BCUT2D eigenvalue weighted by molar-refractivity contribution is 6.42. The second-order valence-corrected chi connectivity index (χ2v) is 9.37. The third-order valence-corrected chi connectivity index (χ3v) is 5.75. The summed E-state index contributed by atoms with van der Waals surface area (Å²) in [6.07, 6.45) is -0.262. The molecule has 0 aliphatic carbocycles. The number of ether oxygens (including phenoxy) is 1. The first-order valence-electron chi connectivity index (χ1n) is 10.3. The van der Waals surface area contributed by atoms with Crippen molar-refractivity contribution in [2.75, 3.05) is 31.1 Å². The maximum atomic E-state index is 12.2. The Morgan fingerprint density at radius 2 is 1.62 bits per heavy atom. The molecule has 168 valence electrons. The molecule has 9 heteroatoms. The normalized spacial score (nSPS) is 14.5. The Morgan fingerprint density at radius 3 is 2.25 bits per heavy atom. The molecule has 0 saturated carbocycles. The minimum atomic E-state index is -0.487. The first kappa shape index (κ1) is 22.4. The molecule has 2 aromatic carbocycles. The quantitative estimate of drug-likeness (QED) is 0.479. The average Bonchev–Trinajstić information content (AvgIpc) is 3.25. The lowest BCUT2D eigenvalue weighted by molar-refractivity contribution is 0.0240. The van der Waals surface area contributed by atoms with Gasteiger partial charge >= 0.3 is 6.09 Å². The van der Waals surface area contributed by atoms with Crippen molar-refractivity contribution in [3.8, 4) is 22.8 Å². The zero-order valence-electron chi connectivity index (χ0n) is 18.1. The number of rotatable bonds is 3. The Labute approximate surface area is 196 Å². The van der Waals surface area contributed by atoms with Gasteiger partial charge in [-0.1, -0.05) is 28.4 Å². The van der Waals surface area contributed by atoms with Crippen molar-refractivity contribution in [2.24, 2.45) is 0 Å². The lowest BCUT2D eigenvalue weighted by atomic mass is 10.1. The van der Waals surface area contributed by atoms with Crippen molar-refractivity contribution in [1.29, 1.82) is 0 Å². The third-order valence-electron chi connectivity index (χ3n) is 5.01. The molecule has 32 heavy (non-hydrogen) atoms. The van der Waals surface area contributed by atoms with Crippen molar-refractivity contribution in [3.63, 3.8) is 0 Å². The van der Waals surface area contributed by atoms with E-state index in [4.69, 9.17) is 32.5 Å². The van der Waals surface area contributed by atoms with Gasteiger partial charge in [-0.3, -0.25) is 0 Å². The number of hydrogen-bond acceptors (Lipinski definition) is 6. The van der Waals surface area contributed by atoms with E-state index in [2.05, 4.69) is 15.0 Å². The van der Waals surface area contributed by atoms with Crippen LogP contribution in [0.3, 0.4) is 0 Å². The van der Waals surface area contributed by atoms with Gasteiger partial charge in [-0.2, -0.15) is 4.98 Å². The van der Waals surface area contributed by atoms with Gasteiger partial charge < -0.3 is 19.1 Å². The molecule has 1 amide bonds. The molecule has 0 spiro atoms. The number of anilines is 1. The summed E-state index contributed by atoms with van der Waals surface area (Å²) >= 11 is 12.0. The summed E-state index contributed by atoms with van der Waals surface area (Å²) in [6.45, 7) is 8.34. The fraction of sp³-hybridized carbons (Fsp3) is 0.348. The topological polar surface area (TPSA) is 71.7 Å². The smallest absolute Gasteiger partial charge is 0.410 e. The van der Waals surface area contributed by atoms with Crippen LogP contribution < -0.4 is 4.90 Å². The Bertz CT molecular complexity index is 1100. The third kappa shape index (κ3) is 5.16. The Kier molecular flexibility index (Phi) is 6.31. The highest BCUT2D eigenvalue weighted by atomic mass is 35.5. The highest BCUT2D eigenvalue weighted by Crippen LogP contribution is 2.29. The number of carbonyl (C=O) groups is 1. The molecule has 4 rings (SSSR count). The van der Waals surface area contributed by atoms with Crippen LogP contribution in [0.1, 0.15) is 20.8 Å². The summed E-state index contributed by atoms with van der Waals surface area (Å²) in [5.74, 6) is 0.869. The maximum absolute atomic E-state index is 12.2. The van der Waals surface area contributed by atoms with E-state index in [0.29, 0.717) is 40.4 Å². The van der Waals surface area contributed by atoms with E-state index in [1.807, 2.05) is 45.0 Å². The second kappa shape index (κ2) is 9.00. The van der Waals surface area contributed by atoms with E-state index >= 15 is 0 Å². The lowest BCUT2D eigenvalue weighted by Crippen LogP contribution is -2.50. The summed E-state index contributed by atoms with van der Waals surface area (Å²) in [5.41, 5.74) is 2.14. The molecule has 1 aliphatic heterocycles. The molecule has 1 fully saturated rings. The molecular weight excluding hydrogens is 451 g/mol. The minimum absolute atomic E-state index is 0.262. The molecule has 0 unspecified atom stereocenters. The van der Waals surface area contributed by atoms with Crippen molar-refractivity contribution < 1.29 is 14.1 Å². The maximum Gasteiger partial charge on any atom is 0.410 e. The molecule has 1 aliphatic rings. The summed E-state index contributed by atoms with van der Waals surface area (Å²) < 4.78 is 10.9. The van der Waals surface area contributed by atoms with E-state index in [1.54, 1.807) is 23.1 Å². The molecule has 2 heterocycles. The number of nitrogens with zero attached hydrogens (tertiary/aromatic N) is 4. The van der Waals surface area contributed by atoms with Crippen molar-refractivity contribution in [3.05, 3.63) is 52.5 Å². The van der Waals surface area contributed by atoms with Gasteiger partial charge in [-0.25, -0.2) is 4.79 Å². The zero-order valence-corrected chi connectivity index (χ0v) is 19.7. The molecule has 1 saturated heterocycles. The van der Waals surface area contributed by atoms with Crippen LogP contribution in [0.5, 0.6) is 0 Å². The SMILES string of the molecule is CC(C)(C)OC(=O)N1CCN(c2ccc(-c3noc(-c4ccc(Cl)c(Cl)c4)n3)cc2)CC1. The largest absolute Gasteiger partial charge is 0.444 e. The van der Waals surface area contributed by atoms with Crippen molar-refractivity contribution >= 4 is 35.0 Å². The standard InChI is InChI=1S/C23H24Cl2N4O3/c1-23(2,3)31-22(30)29-12-10-28(11-13-29)17-7-4-15(5-8-17)20-26-21(32-27-20)16-6-9-18(24)19(25)14-16/h4-9,14H,10-13H2,1-3H3. The van der Waals surface area contributed by atoms with E-state index in [0.717, 1.165) is 24.3 Å². The van der Waals surface area contributed by atoms with Crippen LogP contribution in [-0.4, -0.2) is 52.9 Å². The average molecular weight is 475 g/mol. The first-order chi connectivity index (χ1) is 15.2. The predicted octanol–water partition coefficient (Wildman–Crippen LogP) is 5.77. The van der Waals surface area contributed by atoms with Gasteiger partial charge in [0.15, 0.2) is 0 Å². The van der Waals surface area contributed by atoms with Crippen LogP contribution in [0.25, 0.3) is 22.8 Å². The zero-order chi connectivity index (χ0) is 22.9. The Morgan fingerprint density at radius 1 is 0.969 bits per heavy atom. The highest BCUT2D eigenvalue weighted by Gasteiger charge is 2.26. The molecular formula is C23H24Cl2N4O3. The number of halogens is 2. The van der Waals surface area contributed by atoms with Crippen LogP contribution in [0.15, 0.2) is 47.0 Å². The van der Waals surface area contributed by atoms with Crippen LogP contribution in [-0.2, 0) is 4.74 Å². The lowest BCUT2D eigenvalue weighted by Gasteiger charge is -2.36. The first-order valence-corrected chi connectivity index (χ1v) is 11.1. The Hall–Kier alpha value is -2.77. The molecule has 0 bridgehead atoms. The number of amides is 1. The van der Waals surface area contributed by atoms with Crippen molar-refractivity contribution in [1.82, 2.24) is 15.0 Å². The number of piperazine rings is 1. The summed E-state index contributed by atoms with van der Waals surface area (Å²) in [5, 5.41) is 4.98. The fourth-order valence-corrected chi connectivity index (χ4v) is 3.68. The minimum Gasteiger partial charge on any atom is -0.444 e. The van der Waals surface area contributed by atoms with E-state index < -0.39 is 5.60 Å². The van der Waals surface area contributed by atoms with Crippen LogP contribution in [0.4, 0.5) is 10.5 Å². The molecule has 3 aromatic rings. The molecule has 0 atom stereocenters.